The maximum Gasteiger partial charge on any atom is 0.318 e. The van der Waals surface area contributed by atoms with Crippen LogP contribution in [-0.2, 0) is 13.1 Å². The fourth-order valence-corrected chi connectivity index (χ4v) is 5.86. The van der Waals surface area contributed by atoms with Gasteiger partial charge in [-0.15, -0.1) is 0 Å². The molecule has 1 aromatic heterocycles. The van der Waals surface area contributed by atoms with E-state index in [1.165, 1.54) is 43.4 Å². The standard InChI is InChI=1S/C28H38N4O2/c1-28(2,3)30-27(34)31-15-16-32-22(17-31)24(26(29)33)23(25(32)21-13-14-21)20-11-9-19(10-12-20)18-7-5-4-6-8-18/h9-12,18,21H,4-8,13-17H2,1-3H3,(H2,29,33)(H,30,34). The molecule has 2 fully saturated rings. The zero-order chi connectivity index (χ0) is 24.0. The molecule has 1 aromatic carbocycles. The monoisotopic (exact) mass is 462 g/mol. The highest BCUT2D eigenvalue weighted by molar-refractivity contribution is 6.02. The second-order valence-corrected chi connectivity index (χ2v) is 11.4. The van der Waals surface area contributed by atoms with Gasteiger partial charge in [0.25, 0.3) is 5.91 Å². The number of nitrogens with zero attached hydrogens (tertiary/aromatic N) is 2. The summed E-state index contributed by atoms with van der Waals surface area (Å²) in [6.07, 6.45) is 8.80. The average Bonchev–Trinajstić information content (AvgIpc) is 3.58. The van der Waals surface area contributed by atoms with Crippen molar-refractivity contribution < 1.29 is 9.59 Å². The summed E-state index contributed by atoms with van der Waals surface area (Å²) in [5, 5.41) is 3.06. The van der Waals surface area contributed by atoms with Gasteiger partial charge in [-0.3, -0.25) is 4.79 Å². The smallest absolute Gasteiger partial charge is 0.318 e. The van der Waals surface area contributed by atoms with Crippen LogP contribution in [0, 0.1) is 0 Å². The van der Waals surface area contributed by atoms with Crippen molar-refractivity contribution in [2.75, 3.05) is 6.54 Å². The fourth-order valence-electron chi connectivity index (χ4n) is 5.86. The van der Waals surface area contributed by atoms with E-state index < -0.39 is 5.91 Å². The lowest BCUT2D eigenvalue weighted by atomic mass is 9.83. The minimum atomic E-state index is -0.403. The second-order valence-electron chi connectivity index (χ2n) is 11.4. The van der Waals surface area contributed by atoms with Gasteiger partial charge in [-0.1, -0.05) is 43.5 Å². The number of hydrogen-bond acceptors (Lipinski definition) is 2. The maximum atomic E-state index is 12.9. The van der Waals surface area contributed by atoms with Gasteiger partial charge in [0.05, 0.1) is 17.8 Å². The summed E-state index contributed by atoms with van der Waals surface area (Å²) in [5.74, 6) is 0.716. The van der Waals surface area contributed by atoms with Gasteiger partial charge >= 0.3 is 6.03 Å². The van der Waals surface area contributed by atoms with Crippen LogP contribution in [-0.4, -0.2) is 33.5 Å². The van der Waals surface area contributed by atoms with Gasteiger partial charge in [-0.25, -0.2) is 4.79 Å². The van der Waals surface area contributed by atoms with E-state index in [-0.39, 0.29) is 11.6 Å². The first-order valence-corrected chi connectivity index (χ1v) is 13.0. The molecule has 0 atom stereocenters. The Morgan fingerprint density at radius 2 is 1.62 bits per heavy atom. The molecule has 3 aliphatic rings. The Bertz CT molecular complexity index is 1080. The number of nitrogens with one attached hydrogen (secondary N) is 1. The molecule has 0 unspecified atom stereocenters. The SMILES string of the molecule is CC(C)(C)NC(=O)N1CCn2c(c(C(N)=O)c(-c3ccc(C4CCCCC4)cc3)c2C2CC2)C1. The van der Waals surface area contributed by atoms with Crippen molar-refractivity contribution >= 4 is 11.9 Å². The zero-order valence-corrected chi connectivity index (χ0v) is 20.8. The third-order valence-corrected chi connectivity index (χ3v) is 7.60. The molecule has 2 heterocycles. The van der Waals surface area contributed by atoms with Crippen LogP contribution in [0.15, 0.2) is 24.3 Å². The maximum absolute atomic E-state index is 12.9. The first kappa shape index (κ1) is 23.0. The Hall–Kier alpha value is -2.76. The lowest BCUT2D eigenvalue weighted by molar-refractivity contribution is 0.0997. The molecule has 6 nitrogen and oxygen atoms in total. The van der Waals surface area contributed by atoms with Crippen molar-refractivity contribution in [2.45, 2.75) is 96.2 Å². The number of amides is 3. The second kappa shape index (κ2) is 8.79. The lowest BCUT2D eigenvalue weighted by Gasteiger charge is -2.33. The number of rotatable bonds is 4. The van der Waals surface area contributed by atoms with Gasteiger partial charge in [-0.05, 0) is 69.4 Å². The predicted molar refractivity (Wildman–Crippen MR) is 135 cm³/mol. The van der Waals surface area contributed by atoms with Crippen LogP contribution >= 0.6 is 0 Å². The van der Waals surface area contributed by atoms with E-state index in [1.807, 2.05) is 20.8 Å². The highest BCUT2D eigenvalue weighted by Crippen LogP contribution is 2.48. The van der Waals surface area contributed by atoms with Gasteiger partial charge < -0.3 is 20.5 Å². The Kier molecular flexibility index (Phi) is 5.95. The molecule has 0 spiro atoms. The predicted octanol–water partition coefficient (Wildman–Crippen LogP) is 5.50. The molecule has 6 heteroatoms. The van der Waals surface area contributed by atoms with Crippen LogP contribution in [0.1, 0.15) is 105 Å². The molecule has 1 aliphatic heterocycles. The Morgan fingerprint density at radius 1 is 0.941 bits per heavy atom. The van der Waals surface area contributed by atoms with Crippen molar-refractivity contribution in [3.05, 3.63) is 46.8 Å². The molecule has 3 amide bonds. The molecule has 182 valence electrons. The minimum Gasteiger partial charge on any atom is -0.366 e. The summed E-state index contributed by atoms with van der Waals surface area (Å²) in [4.78, 5) is 27.5. The van der Waals surface area contributed by atoms with Crippen molar-refractivity contribution in [3.63, 3.8) is 0 Å². The first-order valence-electron chi connectivity index (χ1n) is 13.0. The van der Waals surface area contributed by atoms with Crippen LogP contribution in [0.25, 0.3) is 11.1 Å². The van der Waals surface area contributed by atoms with Crippen molar-refractivity contribution in [1.29, 1.82) is 0 Å². The quantitative estimate of drug-likeness (QED) is 0.629. The summed E-state index contributed by atoms with van der Waals surface area (Å²) in [5.41, 5.74) is 11.9. The molecule has 5 rings (SSSR count). The molecular weight excluding hydrogens is 424 g/mol. The molecule has 2 aliphatic carbocycles. The molecular formula is C28H38N4O2. The van der Waals surface area contributed by atoms with E-state index in [1.54, 1.807) is 4.90 Å². The number of benzene rings is 1. The van der Waals surface area contributed by atoms with Crippen molar-refractivity contribution in [2.24, 2.45) is 5.73 Å². The van der Waals surface area contributed by atoms with Crippen molar-refractivity contribution in [3.8, 4) is 11.1 Å². The van der Waals surface area contributed by atoms with Crippen LogP contribution in [0.5, 0.6) is 0 Å². The number of urea groups is 1. The van der Waals surface area contributed by atoms with Crippen LogP contribution in [0.4, 0.5) is 4.79 Å². The highest BCUT2D eigenvalue weighted by atomic mass is 16.2. The molecule has 0 radical (unpaired) electrons. The molecule has 2 aromatic rings. The lowest BCUT2D eigenvalue weighted by Crippen LogP contribution is -2.50. The van der Waals surface area contributed by atoms with Gasteiger partial charge in [0, 0.05) is 29.9 Å². The molecule has 34 heavy (non-hydrogen) atoms. The molecule has 2 saturated carbocycles. The van der Waals surface area contributed by atoms with E-state index >= 15 is 0 Å². The summed E-state index contributed by atoms with van der Waals surface area (Å²) in [6.45, 7) is 7.66. The van der Waals surface area contributed by atoms with Crippen LogP contribution in [0.2, 0.25) is 0 Å². The van der Waals surface area contributed by atoms with Gasteiger partial charge in [0.15, 0.2) is 0 Å². The number of fused-ring (bicyclic) bond motifs is 1. The van der Waals surface area contributed by atoms with Gasteiger partial charge in [0.2, 0.25) is 0 Å². The summed E-state index contributed by atoms with van der Waals surface area (Å²) in [6, 6.07) is 8.79. The van der Waals surface area contributed by atoms with E-state index in [9.17, 15) is 9.59 Å². The number of aromatic nitrogens is 1. The number of primary amides is 1. The third-order valence-electron chi connectivity index (χ3n) is 7.60. The van der Waals surface area contributed by atoms with Gasteiger partial charge in [-0.2, -0.15) is 0 Å². The highest BCUT2D eigenvalue weighted by Gasteiger charge is 2.38. The Labute approximate surface area is 202 Å². The largest absolute Gasteiger partial charge is 0.366 e. The number of hydrogen-bond donors (Lipinski definition) is 2. The number of carbonyl (C=O) groups is 2. The average molecular weight is 463 g/mol. The van der Waals surface area contributed by atoms with Crippen molar-refractivity contribution in [1.82, 2.24) is 14.8 Å². The third kappa shape index (κ3) is 4.47. The Balaban J connectivity index is 1.52. The Morgan fingerprint density at radius 3 is 2.21 bits per heavy atom. The summed E-state index contributed by atoms with van der Waals surface area (Å²) < 4.78 is 2.29. The topological polar surface area (TPSA) is 80.4 Å². The number of carbonyl (C=O) groups excluding carboxylic acids is 2. The fraction of sp³-hybridized carbons (Fsp3) is 0.571. The van der Waals surface area contributed by atoms with E-state index in [2.05, 4.69) is 34.1 Å². The van der Waals surface area contributed by atoms with Gasteiger partial charge in [0.1, 0.15) is 0 Å². The van der Waals surface area contributed by atoms with E-state index in [0.717, 1.165) is 29.7 Å². The van der Waals surface area contributed by atoms with Crippen LogP contribution in [0.3, 0.4) is 0 Å². The first-order chi connectivity index (χ1) is 16.2. The minimum absolute atomic E-state index is 0.0956. The zero-order valence-electron chi connectivity index (χ0n) is 20.8. The number of nitrogens with two attached hydrogens (primary N) is 1. The molecule has 0 saturated heterocycles. The summed E-state index contributed by atoms with van der Waals surface area (Å²) in [7, 11) is 0. The molecule has 3 N–H and O–H groups in total. The normalized spacial score (nSPS) is 19.1. The van der Waals surface area contributed by atoms with Crippen LogP contribution < -0.4 is 11.1 Å². The van der Waals surface area contributed by atoms with E-state index in [4.69, 9.17) is 5.73 Å². The van der Waals surface area contributed by atoms with E-state index in [0.29, 0.717) is 37.0 Å². The summed E-state index contributed by atoms with van der Waals surface area (Å²) >= 11 is 0. The molecule has 0 bridgehead atoms.